The fourth-order valence-electron chi connectivity index (χ4n) is 4.45. The van der Waals surface area contributed by atoms with Crippen LogP contribution in [0.15, 0.2) is 47.8 Å². The first kappa shape index (κ1) is 22.3. The fourth-order valence-corrected chi connectivity index (χ4v) is 5.14. The predicted molar refractivity (Wildman–Crippen MR) is 122 cm³/mol. The molecule has 2 aliphatic heterocycles. The van der Waals surface area contributed by atoms with Crippen molar-refractivity contribution >= 4 is 29.2 Å². The lowest BCUT2D eigenvalue weighted by Gasteiger charge is -2.54. The molecule has 0 bridgehead atoms. The van der Waals surface area contributed by atoms with Crippen molar-refractivity contribution in [2.45, 2.75) is 38.5 Å². The zero-order valence-electron chi connectivity index (χ0n) is 18.4. The standard InChI is InChI=1S/C23H29N5O3S/c1-3-19-22(30)26(12-11-18-10-7-13-32-18)15-20-27(19)21(29)16-25(2)28(20)23(31)24-14-17-8-5-4-6-9-17/h4-10,13,19-20H,3,11-12,14-16H2,1-2H3,(H,24,31)/t19-,20?/m0/s1. The van der Waals surface area contributed by atoms with Crippen molar-refractivity contribution < 1.29 is 14.4 Å². The number of hydrazine groups is 1. The van der Waals surface area contributed by atoms with Gasteiger partial charge >= 0.3 is 6.03 Å². The van der Waals surface area contributed by atoms with E-state index >= 15 is 0 Å². The molecule has 9 heteroatoms. The molecular weight excluding hydrogens is 426 g/mol. The number of benzene rings is 1. The third-order valence-corrected chi connectivity index (χ3v) is 6.97. The van der Waals surface area contributed by atoms with E-state index < -0.39 is 12.2 Å². The van der Waals surface area contributed by atoms with Crippen LogP contribution in [0.3, 0.4) is 0 Å². The van der Waals surface area contributed by atoms with Crippen LogP contribution in [0, 0.1) is 0 Å². The highest BCUT2D eigenvalue weighted by atomic mass is 32.1. The Bertz CT molecular complexity index is 952. The molecule has 2 saturated heterocycles. The molecule has 2 atom stereocenters. The second kappa shape index (κ2) is 9.70. The number of nitrogens with one attached hydrogen (secondary N) is 1. The summed E-state index contributed by atoms with van der Waals surface area (Å²) in [6.45, 7) is 3.23. The van der Waals surface area contributed by atoms with Crippen LogP contribution in [0.25, 0.3) is 0 Å². The van der Waals surface area contributed by atoms with E-state index in [0.29, 0.717) is 26.1 Å². The van der Waals surface area contributed by atoms with Crippen LogP contribution in [0.4, 0.5) is 4.79 Å². The largest absolute Gasteiger partial charge is 0.337 e. The predicted octanol–water partition coefficient (Wildman–Crippen LogP) is 2.14. The fraction of sp³-hybridized carbons (Fsp3) is 0.435. The number of carbonyl (C=O) groups excluding carboxylic acids is 3. The molecule has 2 aromatic rings. The molecule has 4 rings (SSSR count). The number of piperazine rings is 1. The van der Waals surface area contributed by atoms with Crippen LogP contribution in [0.5, 0.6) is 0 Å². The van der Waals surface area contributed by atoms with Gasteiger partial charge in [0, 0.05) is 25.0 Å². The lowest BCUT2D eigenvalue weighted by Crippen LogP contribution is -2.75. The number of likely N-dealkylation sites (N-methyl/N-ethyl adjacent to an activating group) is 1. The van der Waals surface area contributed by atoms with Gasteiger partial charge in [-0.15, -0.1) is 11.3 Å². The van der Waals surface area contributed by atoms with Crippen LogP contribution in [0.2, 0.25) is 0 Å². The third-order valence-electron chi connectivity index (χ3n) is 6.03. The average molecular weight is 456 g/mol. The Morgan fingerprint density at radius 2 is 1.94 bits per heavy atom. The maximum atomic E-state index is 13.2. The summed E-state index contributed by atoms with van der Waals surface area (Å²) in [5.74, 6) is -0.162. The Kier molecular flexibility index (Phi) is 6.76. The van der Waals surface area contributed by atoms with Crippen molar-refractivity contribution in [2.75, 3.05) is 26.7 Å². The molecule has 1 N–H and O–H groups in total. The summed E-state index contributed by atoms with van der Waals surface area (Å²) in [6.07, 6.45) is 0.749. The first-order chi connectivity index (χ1) is 15.5. The van der Waals surface area contributed by atoms with E-state index in [1.807, 2.05) is 48.7 Å². The van der Waals surface area contributed by atoms with Crippen molar-refractivity contribution in [3.05, 3.63) is 58.3 Å². The Labute approximate surface area is 192 Å². The monoisotopic (exact) mass is 455 g/mol. The van der Waals surface area contributed by atoms with Gasteiger partial charge in [-0.25, -0.2) is 14.8 Å². The van der Waals surface area contributed by atoms with Gasteiger partial charge in [0.25, 0.3) is 0 Å². The molecule has 2 aliphatic rings. The number of amides is 4. The Balaban J connectivity index is 1.53. The number of hydrogen-bond donors (Lipinski definition) is 1. The van der Waals surface area contributed by atoms with Crippen LogP contribution in [0.1, 0.15) is 23.8 Å². The summed E-state index contributed by atoms with van der Waals surface area (Å²) in [6, 6.07) is 12.9. The molecule has 0 radical (unpaired) electrons. The van der Waals surface area contributed by atoms with Gasteiger partial charge in [0.05, 0.1) is 13.1 Å². The summed E-state index contributed by atoms with van der Waals surface area (Å²) in [5.41, 5.74) is 0.997. The summed E-state index contributed by atoms with van der Waals surface area (Å²) >= 11 is 1.67. The van der Waals surface area contributed by atoms with Crippen molar-refractivity contribution in [2.24, 2.45) is 0 Å². The molecule has 2 fully saturated rings. The van der Waals surface area contributed by atoms with E-state index in [0.717, 1.165) is 12.0 Å². The second-order valence-corrected chi connectivity index (χ2v) is 9.16. The molecule has 0 aliphatic carbocycles. The molecule has 8 nitrogen and oxygen atoms in total. The SMILES string of the molecule is CC[C@H]1C(=O)N(CCc2cccs2)CC2N1C(=O)CN(C)N2C(=O)NCc1ccccc1. The number of nitrogens with zero attached hydrogens (tertiary/aromatic N) is 4. The van der Waals surface area contributed by atoms with Crippen molar-refractivity contribution in [3.63, 3.8) is 0 Å². The maximum Gasteiger partial charge on any atom is 0.334 e. The average Bonchev–Trinajstić information content (AvgIpc) is 3.31. The van der Waals surface area contributed by atoms with Crippen molar-refractivity contribution in [1.29, 1.82) is 0 Å². The highest BCUT2D eigenvalue weighted by Crippen LogP contribution is 2.27. The minimum Gasteiger partial charge on any atom is -0.337 e. The first-order valence-electron chi connectivity index (χ1n) is 10.9. The van der Waals surface area contributed by atoms with E-state index in [1.165, 1.54) is 4.88 Å². The van der Waals surface area contributed by atoms with E-state index in [1.54, 1.807) is 38.2 Å². The molecule has 32 heavy (non-hydrogen) atoms. The maximum absolute atomic E-state index is 13.2. The van der Waals surface area contributed by atoms with Gasteiger partial charge in [0.2, 0.25) is 11.8 Å². The molecule has 0 saturated carbocycles. The van der Waals surface area contributed by atoms with Gasteiger partial charge in [0.15, 0.2) is 0 Å². The molecule has 3 heterocycles. The molecule has 1 aromatic heterocycles. The molecule has 4 amide bonds. The van der Waals surface area contributed by atoms with Gasteiger partial charge in [-0.05, 0) is 29.9 Å². The van der Waals surface area contributed by atoms with Crippen LogP contribution in [-0.2, 0) is 22.6 Å². The van der Waals surface area contributed by atoms with Gasteiger partial charge in [-0.1, -0.05) is 43.3 Å². The minimum absolute atomic E-state index is 0.0390. The van der Waals surface area contributed by atoms with Gasteiger partial charge in [0.1, 0.15) is 12.2 Å². The number of fused-ring (bicyclic) bond motifs is 1. The smallest absolute Gasteiger partial charge is 0.334 e. The first-order valence-corrected chi connectivity index (χ1v) is 11.8. The van der Waals surface area contributed by atoms with Crippen LogP contribution in [-0.4, -0.2) is 76.6 Å². The van der Waals surface area contributed by atoms with Gasteiger partial charge < -0.3 is 15.1 Å². The van der Waals surface area contributed by atoms with E-state index in [9.17, 15) is 14.4 Å². The normalized spacial score (nSPS) is 21.6. The van der Waals surface area contributed by atoms with E-state index in [2.05, 4.69) is 11.4 Å². The number of carbonyl (C=O) groups is 3. The third kappa shape index (κ3) is 4.49. The van der Waals surface area contributed by atoms with Gasteiger partial charge in [-0.3, -0.25) is 9.59 Å². The number of urea groups is 1. The van der Waals surface area contributed by atoms with Crippen LogP contribution < -0.4 is 5.32 Å². The zero-order valence-corrected chi connectivity index (χ0v) is 19.3. The highest BCUT2D eigenvalue weighted by molar-refractivity contribution is 7.09. The topological polar surface area (TPSA) is 76.2 Å². The summed E-state index contributed by atoms with van der Waals surface area (Å²) < 4.78 is 0. The Hall–Kier alpha value is -2.91. The lowest BCUT2D eigenvalue weighted by atomic mass is 10.0. The number of hydrogen-bond acceptors (Lipinski definition) is 5. The van der Waals surface area contributed by atoms with E-state index in [4.69, 9.17) is 0 Å². The molecule has 1 aromatic carbocycles. The zero-order chi connectivity index (χ0) is 22.7. The number of rotatable bonds is 6. The van der Waals surface area contributed by atoms with Crippen molar-refractivity contribution in [1.82, 2.24) is 25.1 Å². The molecule has 1 unspecified atom stereocenters. The lowest BCUT2D eigenvalue weighted by molar-refractivity contribution is -0.187. The Morgan fingerprint density at radius 3 is 2.62 bits per heavy atom. The minimum atomic E-state index is -0.553. The molecule has 170 valence electrons. The molecule has 0 spiro atoms. The summed E-state index contributed by atoms with van der Waals surface area (Å²) in [4.78, 5) is 43.9. The molecular formula is C23H29N5O3S. The Morgan fingerprint density at radius 1 is 1.16 bits per heavy atom. The quantitative estimate of drug-likeness (QED) is 0.724. The number of thiophene rings is 1. The van der Waals surface area contributed by atoms with Gasteiger partial charge in [-0.2, -0.15) is 0 Å². The summed E-state index contributed by atoms with van der Waals surface area (Å²) in [5, 5.41) is 8.24. The second-order valence-electron chi connectivity index (χ2n) is 8.12. The highest BCUT2D eigenvalue weighted by Gasteiger charge is 2.49. The van der Waals surface area contributed by atoms with Crippen molar-refractivity contribution in [3.8, 4) is 0 Å². The van der Waals surface area contributed by atoms with Crippen LogP contribution >= 0.6 is 11.3 Å². The summed E-state index contributed by atoms with van der Waals surface area (Å²) in [7, 11) is 1.74. The van der Waals surface area contributed by atoms with E-state index in [-0.39, 0.29) is 24.4 Å².